The first-order valence-electron chi connectivity index (χ1n) is 8.08. The van der Waals surface area contributed by atoms with Gasteiger partial charge in [-0.1, -0.05) is 42.3 Å². The number of carbonyl (C=O) groups excluding carboxylic acids is 1. The summed E-state index contributed by atoms with van der Waals surface area (Å²) < 4.78 is 0. The van der Waals surface area contributed by atoms with Crippen molar-refractivity contribution in [3.05, 3.63) is 33.8 Å². The summed E-state index contributed by atoms with van der Waals surface area (Å²) >= 11 is 12.3. The number of benzene rings is 1. The number of rotatable bonds is 5. The van der Waals surface area contributed by atoms with E-state index in [-0.39, 0.29) is 11.9 Å². The molecule has 1 aromatic rings. The fraction of sp³-hybridized carbons (Fsp3) is 0.588. The molecule has 1 aliphatic rings. The molecular formula is C17H25Cl2N3O. The Kier molecular flexibility index (Phi) is 6.72. The monoisotopic (exact) mass is 357 g/mol. The Morgan fingerprint density at radius 2 is 1.91 bits per heavy atom. The minimum atomic E-state index is -0.182. The van der Waals surface area contributed by atoms with E-state index in [4.69, 9.17) is 23.2 Å². The third-order valence-corrected chi connectivity index (χ3v) is 5.46. The molecule has 1 amide bonds. The zero-order chi connectivity index (χ0) is 17.0. The molecule has 1 atom stereocenters. The van der Waals surface area contributed by atoms with Crippen LogP contribution in [0, 0.1) is 0 Å². The number of nitrogens with zero attached hydrogens (tertiary/aromatic N) is 3. The molecular weight excluding hydrogens is 333 g/mol. The molecule has 0 saturated carbocycles. The van der Waals surface area contributed by atoms with Crippen LogP contribution in [0.15, 0.2) is 18.2 Å². The summed E-state index contributed by atoms with van der Waals surface area (Å²) in [7, 11) is 1.95. The number of piperazine rings is 1. The molecule has 0 N–H and O–H groups in total. The van der Waals surface area contributed by atoms with Gasteiger partial charge in [-0.3, -0.25) is 9.69 Å². The second-order valence-electron chi connectivity index (χ2n) is 6.06. The zero-order valence-electron chi connectivity index (χ0n) is 14.1. The number of carbonyl (C=O) groups is 1. The molecule has 1 aliphatic heterocycles. The van der Waals surface area contributed by atoms with Crippen LogP contribution in [-0.4, -0.2) is 66.4 Å². The molecule has 128 valence electrons. The summed E-state index contributed by atoms with van der Waals surface area (Å²) in [5, 5.41) is 1.12. The van der Waals surface area contributed by atoms with E-state index in [1.54, 1.807) is 6.07 Å². The summed E-state index contributed by atoms with van der Waals surface area (Å²) in [6.45, 7) is 9.28. The average Bonchev–Trinajstić information content (AvgIpc) is 2.57. The van der Waals surface area contributed by atoms with Crippen molar-refractivity contribution in [2.24, 2.45) is 0 Å². The van der Waals surface area contributed by atoms with Crippen LogP contribution in [0.25, 0.3) is 0 Å². The first-order valence-corrected chi connectivity index (χ1v) is 8.84. The van der Waals surface area contributed by atoms with E-state index in [0.29, 0.717) is 16.6 Å². The molecule has 0 radical (unpaired) electrons. The summed E-state index contributed by atoms with van der Waals surface area (Å²) in [5.41, 5.74) is 0.942. The van der Waals surface area contributed by atoms with Gasteiger partial charge in [0.05, 0.1) is 16.1 Å². The van der Waals surface area contributed by atoms with Crippen molar-refractivity contribution >= 4 is 29.1 Å². The van der Waals surface area contributed by atoms with E-state index in [2.05, 4.69) is 11.8 Å². The topological polar surface area (TPSA) is 26.8 Å². The van der Waals surface area contributed by atoms with Crippen molar-refractivity contribution in [1.82, 2.24) is 14.7 Å². The lowest BCUT2D eigenvalue weighted by Gasteiger charge is -2.37. The van der Waals surface area contributed by atoms with Crippen molar-refractivity contribution in [3.8, 4) is 0 Å². The van der Waals surface area contributed by atoms with Gasteiger partial charge in [-0.2, -0.15) is 0 Å². The molecule has 0 aliphatic carbocycles. The lowest BCUT2D eigenvalue weighted by Crippen LogP contribution is -2.53. The first-order chi connectivity index (χ1) is 10.9. The van der Waals surface area contributed by atoms with Crippen LogP contribution in [-0.2, 0) is 11.3 Å². The van der Waals surface area contributed by atoms with Crippen LogP contribution in [0.1, 0.15) is 19.4 Å². The highest BCUT2D eigenvalue weighted by molar-refractivity contribution is 6.42. The Labute approximate surface area is 148 Å². The predicted octanol–water partition coefficient (Wildman–Crippen LogP) is 2.98. The summed E-state index contributed by atoms with van der Waals surface area (Å²) in [4.78, 5) is 19.0. The maximum Gasteiger partial charge on any atom is 0.239 e. The van der Waals surface area contributed by atoms with Crippen molar-refractivity contribution in [1.29, 1.82) is 0 Å². The number of likely N-dealkylation sites (N-methyl/N-ethyl adjacent to an activating group) is 2. The molecule has 4 nitrogen and oxygen atoms in total. The molecule has 0 spiro atoms. The molecule has 1 fully saturated rings. The van der Waals surface area contributed by atoms with Gasteiger partial charge in [-0.15, -0.1) is 0 Å². The van der Waals surface area contributed by atoms with Gasteiger partial charge in [-0.05, 0) is 32.1 Å². The van der Waals surface area contributed by atoms with Crippen molar-refractivity contribution in [2.75, 3.05) is 39.8 Å². The molecule has 1 unspecified atom stereocenters. The fourth-order valence-corrected chi connectivity index (χ4v) is 3.19. The van der Waals surface area contributed by atoms with E-state index >= 15 is 0 Å². The Balaban J connectivity index is 1.95. The van der Waals surface area contributed by atoms with Crippen LogP contribution < -0.4 is 0 Å². The fourth-order valence-electron chi connectivity index (χ4n) is 2.81. The molecule has 1 saturated heterocycles. The minimum Gasteiger partial charge on any atom is -0.339 e. The van der Waals surface area contributed by atoms with Crippen molar-refractivity contribution < 1.29 is 4.79 Å². The van der Waals surface area contributed by atoms with Gasteiger partial charge in [0.2, 0.25) is 5.91 Å². The highest BCUT2D eigenvalue weighted by atomic mass is 35.5. The quantitative estimate of drug-likeness (QED) is 0.810. The first kappa shape index (κ1) is 18.5. The normalized spacial score (nSPS) is 17.6. The van der Waals surface area contributed by atoms with Crippen LogP contribution >= 0.6 is 23.2 Å². The summed E-state index contributed by atoms with van der Waals surface area (Å²) in [6, 6.07) is 5.42. The molecule has 1 aromatic carbocycles. The summed E-state index contributed by atoms with van der Waals surface area (Å²) in [6.07, 6.45) is 0. The van der Waals surface area contributed by atoms with Crippen LogP contribution in [0.2, 0.25) is 10.0 Å². The molecule has 23 heavy (non-hydrogen) atoms. The standard InChI is InChI=1S/C17H25Cl2N3O/c1-4-21-8-10-22(11-9-21)17(23)13(2)20(3)12-14-6-5-7-15(18)16(14)19/h5-7,13H,4,8-12H2,1-3H3. The largest absolute Gasteiger partial charge is 0.339 e. The number of hydrogen-bond donors (Lipinski definition) is 0. The van der Waals surface area contributed by atoms with Gasteiger partial charge in [0, 0.05) is 32.7 Å². The highest BCUT2D eigenvalue weighted by Crippen LogP contribution is 2.26. The van der Waals surface area contributed by atoms with E-state index in [0.717, 1.165) is 38.3 Å². The van der Waals surface area contributed by atoms with Gasteiger partial charge in [-0.25, -0.2) is 0 Å². The van der Waals surface area contributed by atoms with E-state index in [9.17, 15) is 4.79 Å². The average molecular weight is 358 g/mol. The molecule has 1 heterocycles. The van der Waals surface area contributed by atoms with Crippen LogP contribution in [0.3, 0.4) is 0 Å². The van der Waals surface area contributed by atoms with Gasteiger partial charge in [0.15, 0.2) is 0 Å². The van der Waals surface area contributed by atoms with Crippen molar-refractivity contribution in [2.45, 2.75) is 26.4 Å². The molecule has 6 heteroatoms. The second kappa shape index (κ2) is 8.34. The Morgan fingerprint density at radius 1 is 1.26 bits per heavy atom. The SMILES string of the molecule is CCN1CCN(C(=O)C(C)N(C)Cc2cccc(Cl)c2Cl)CC1. The van der Waals surface area contributed by atoms with Crippen LogP contribution in [0.4, 0.5) is 0 Å². The van der Waals surface area contributed by atoms with E-state index in [1.807, 2.05) is 35.9 Å². The Morgan fingerprint density at radius 3 is 2.52 bits per heavy atom. The van der Waals surface area contributed by atoms with Gasteiger partial charge in [0.1, 0.15) is 0 Å². The second-order valence-corrected chi connectivity index (χ2v) is 6.85. The van der Waals surface area contributed by atoms with Crippen molar-refractivity contribution in [3.63, 3.8) is 0 Å². The Bertz CT molecular complexity index is 545. The minimum absolute atomic E-state index is 0.182. The predicted molar refractivity (Wildman–Crippen MR) is 96.1 cm³/mol. The number of amides is 1. The number of halogens is 2. The molecule has 2 rings (SSSR count). The maximum atomic E-state index is 12.7. The Hall–Kier alpha value is -0.810. The van der Waals surface area contributed by atoms with Gasteiger partial charge >= 0.3 is 0 Å². The van der Waals surface area contributed by atoms with E-state index in [1.165, 1.54) is 0 Å². The smallest absolute Gasteiger partial charge is 0.239 e. The number of hydrogen-bond acceptors (Lipinski definition) is 3. The highest BCUT2D eigenvalue weighted by Gasteiger charge is 2.27. The third-order valence-electron chi connectivity index (χ3n) is 4.60. The van der Waals surface area contributed by atoms with E-state index < -0.39 is 0 Å². The lowest BCUT2D eigenvalue weighted by molar-refractivity contribution is -0.137. The zero-order valence-corrected chi connectivity index (χ0v) is 15.6. The third kappa shape index (κ3) is 4.60. The van der Waals surface area contributed by atoms with Crippen LogP contribution in [0.5, 0.6) is 0 Å². The maximum absolute atomic E-state index is 12.7. The molecule has 0 aromatic heterocycles. The lowest BCUT2D eigenvalue weighted by atomic mass is 10.1. The van der Waals surface area contributed by atoms with Gasteiger partial charge in [0.25, 0.3) is 0 Å². The van der Waals surface area contributed by atoms with Gasteiger partial charge < -0.3 is 9.80 Å². The summed E-state index contributed by atoms with van der Waals surface area (Å²) in [5.74, 6) is 0.182. The molecule has 0 bridgehead atoms.